The summed E-state index contributed by atoms with van der Waals surface area (Å²) < 4.78 is 7.15. The molecule has 1 fully saturated rings. The van der Waals surface area contributed by atoms with Gasteiger partial charge in [-0.15, -0.1) is 0 Å². The highest BCUT2D eigenvalue weighted by molar-refractivity contribution is 6.02. The van der Waals surface area contributed by atoms with E-state index in [-0.39, 0.29) is 25.0 Å². The first kappa shape index (κ1) is 17.1. The van der Waals surface area contributed by atoms with Crippen LogP contribution in [0.4, 0.5) is 5.69 Å². The summed E-state index contributed by atoms with van der Waals surface area (Å²) >= 11 is 0. The third kappa shape index (κ3) is 3.70. The Morgan fingerprint density at radius 1 is 1.44 bits per heavy atom. The lowest BCUT2D eigenvalue weighted by Gasteiger charge is -2.31. The number of amides is 2. The van der Waals surface area contributed by atoms with Crippen molar-refractivity contribution in [2.75, 3.05) is 18.5 Å². The van der Waals surface area contributed by atoms with Crippen LogP contribution in [0.3, 0.4) is 0 Å². The topological polar surface area (TPSA) is 105 Å². The molecule has 0 radical (unpaired) electrons. The van der Waals surface area contributed by atoms with Crippen LogP contribution in [0.1, 0.15) is 27.8 Å². The van der Waals surface area contributed by atoms with Crippen LogP contribution >= 0.6 is 0 Å². The summed E-state index contributed by atoms with van der Waals surface area (Å²) in [5.74, 6) is -0.532. The van der Waals surface area contributed by atoms with E-state index in [9.17, 15) is 14.7 Å². The molecule has 1 aliphatic heterocycles. The zero-order chi connectivity index (χ0) is 18.0. The predicted molar refractivity (Wildman–Crippen MR) is 90.0 cm³/mol. The summed E-state index contributed by atoms with van der Waals surface area (Å²) in [5, 5.41) is 19.0. The van der Waals surface area contributed by atoms with Gasteiger partial charge in [-0.25, -0.2) is 0 Å². The molecule has 3 N–H and O–H groups in total. The van der Waals surface area contributed by atoms with Crippen LogP contribution in [0.5, 0.6) is 0 Å². The molecular weight excluding hydrogens is 324 g/mol. The lowest BCUT2D eigenvalue weighted by molar-refractivity contribution is -0.138. The molecule has 1 aliphatic rings. The first-order chi connectivity index (χ1) is 12.0. The van der Waals surface area contributed by atoms with Gasteiger partial charge in [-0.2, -0.15) is 5.10 Å². The number of carbonyl (C=O) groups excluding carboxylic acids is 2. The average Bonchev–Trinajstić information content (AvgIpc) is 2.95. The SMILES string of the molecule is Cc1cc(C(=O)Nc2ccc([C@H]3OCC(=O)N[C@@H]3CO)cc2)nn1C. The van der Waals surface area contributed by atoms with Gasteiger partial charge >= 0.3 is 0 Å². The fraction of sp³-hybridized carbons (Fsp3) is 0.353. The van der Waals surface area contributed by atoms with E-state index in [2.05, 4.69) is 15.7 Å². The van der Waals surface area contributed by atoms with Gasteiger partial charge < -0.3 is 20.5 Å². The molecule has 2 aromatic rings. The highest BCUT2D eigenvalue weighted by Crippen LogP contribution is 2.25. The van der Waals surface area contributed by atoms with Crippen LogP contribution in [-0.2, 0) is 16.6 Å². The number of morpholine rings is 1. The molecule has 2 heterocycles. The van der Waals surface area contributed by atoms with Crippen LogP contribution in [-0.4, -0.2) is 46.0 Å². The molecule has 0 saturated carbocycles. The van der Waals surface area contributed by atoms with Crippen molar-refractivity contribution in [2.24, 2.45) is 7.05 Å². The highest BCUT2D eigenvalue weighted by atomic mass is 16.5. The van der Waals surface area contributed by atoms with Gasteiger partial charge in [0.25, 0.3) is 5.91 Å². The number of hydrogen-bond acceptors (Lipinski definition) is 5. The lowest BCUT2D eigenvalue weighted by Crippen LogP contribution is -2.49. The number of rotatable bonds is 4. The molecule has 0 spiro atoms. The second-order valence-electron chi connectivity index (χ2n) is 5.96. The quantitative estimate of drug-likeness (QED) is 0.750. The van der Waals surface area contributed by atoms with Gasteiger partial charge in [0.15, 0.2) is 5.69 Å². The van der Waals surface area contributed by atoms with E-state index in [0.29, 0.717) is 11.4 Å². The van der Waals surface area contributed by atoms with Gasteiger partial charge in [-0.05, 0) is 30.7 Å². The van der Waals surface area contributed by atoms with E-state index in [1.807, 2.05) is 6.92 Å². The fourth-order valence-corrected chi connectivity index (χ4v) is 2.70. The first-order valence-electron chi connectivity index (χ1n) is 7.91. The van der Waals surface area contributed by atoms with E-state index in [1.165, 1.54) is 0 Å². The third-order valence-corrected chi connectivity index (χ3v) is 4.15. The zero-order valence-corrected chi connectivity index (χ0v) is 14.0. The van der Waals surface area contributed by atoms with E-state index in [1.54, 1.807) is 42.1 Å². The van der Waals surface area contributed by atoms with Gasteiger partial charge in [-0.3, -0.25) is 14.3 Å². The number of carbonyl (C=O) groups is 2. The first-order valence-corrected chi connectivity index (χ1v) is 7.91. The third-order valence-electron chi connectivity index (χ3n) is 4.15. The fourth-order valence-electron chi connectivity index (χ4n) is 2.70. The maximum absolute atomic E-state index is 12.2. The summed E-state index contributed by atoms with van der Waals surface area (Å²) in [4.78, 5) is 23.6. The second-order valence-corrected chi connectivity index (χ2v) is 5.96. The van der Waals surface area contributed by atoms with Crippen LogP contribution in [0.15, 0.2) is 30.3 Å². The van der Waals surface area contributed by atoms with Crippen LogP contribution in [0, 0.1) is 6.92 Å². The molecular formula is C17H20N4O4. The Hall–Kier alpha value is -2.71. The van der Waals surface area contributed by atoms with Gasteiger partial charge in [-0.1, -0.05) is 12.1 Å². The summed E-state index contributed by atoms with van der Waals surface area (Å²) in [6, 6.07) is 8.31. The van der Waals surface area contributed by atoms with Crippen molar-refractivity contribution in [1.82, 2.24) is 15.1 Å². The minimum atomic E-state index is -0.488. The molecule has 1 aromatic heterocycles. The number of hydrogen-bond donors (Lipinski definition) is 3. The molecule has 8 nitrogen and oxygen atoms in total. The molecule has 132 valence electrons. The Morgan fingerprint density at radius 3 is 2.76 bits per heavy atom. The maximum atomic E-state index is 12.2. The predicted octanol–water partition coefficient (Wildman–Crippen LogP) is 0.529. The normalized spacial score (nSPS) is 20.2. The van der Waals surface area contributed by atoms with Crippen molar-refractivity contribution < 1.29 is 19.4 Å². The second kappa shape index (κ2) is 7.04. The standard InChI is InChI=1S/C17H20N4O4/c1-10-7-13(20-21(10)2)17(24)18-12-5-3-11(4-6-12)16-14(8-22)19-15(23)9-25-16/h3-7,14,16,22H,8-9H2,1-2H3,(H,18,24)(H,19,23)/t14-,16-/m1/s1. The summed E-state index contributed by atoms with van der Waals surface area (Å²) in [6.45, 7) is 1.62. The van der Waals surface area contributed by atoms with Crippen molar-refractivity contribution >= 4 is 17.5 Å². The van der Waals surface area contributed by atoms with Crippen molar-refractivity contribution in [3.05, 3.63) is 47.3 Å². The number of aryl methyl sites for hydroxylation is 2. The average molecular weight is 344 g/mol. The van der Waals surface area contributed by atoms with Gasteiger partial charge in [0.2, 0.25) is 5.91 Å². The van der Waals surface area contributed by atoms with Crippen molar-refractivity contribution in [3.63, 3.8) is 0 Å². The van der Waals surface area contributed by atoms with Gasteiger partial charge in [0, 0.05) is 18.4 Å². The summed E-state index contributed by atoms with van der Waals surface area (Å²) in [7, 11) is 1.78. The molecule has 3 rings (SSSR count). The molecule has 8 heteroatoms. The number of aliphatic hydroxyl groups is 1. The van der Waals surface area contributed by atoms with Crippen molar-refractivity contribution in [3.8, 4) is 0 Å². The Balaban J connectivity index is 1.69. The molecule has 1 saturated heterocycles. The summed E-state index contributed by atoms with van der Waals surface area (Å²) in [6.07, 6.45) is -0.425. The minimum Gasteiger partial charge on any atom is -0.394 e. The Bertz CT molecular complexity index is 765. The van der Waals surface area contributed by atoms with E-state index < -0.39 is 12.1 Å². The lowest BCUT2D eigenvalue weighted by atomic mass is 10.0. The van der Waals surface area contributed by atoms with Crippen LogP contribution < -0.4 is 10.6 Å². The van der Waals surface area contributed by atoms with Crippen molar-refractivity contribution in [1.29, 1.82) is 0 Å². The Labute approximate surface area is 144 Å². The monoisotopic (exact) mass is 344 g/mol. The number of ether oxygens (including phenoxy) is 1. The minimum absolute atomic E-state index is 0.0430. The molecule has 25 heavy (non-hydrogen) atoms. The zero-order valence-electron chi connectivity index (χ0n) is 14.0. The van der Waals surface area contributed by atoms with E-state index in [4.69, 9.17) is 4.74 Å². The Kier molecular flexibility index (Phi) is 4.82. The Morgan fingerprint density at radius 2 is 2.16 bits per heavy atom. The molecule has 0 aliphatic carbocycles. The van der Waals surface area contributed by atoms with Crippen molar-refractivity contribution in [2.45, 2.75) is 19.1 Å². The molecule has 0 unspecified atom stereocenters. The molecule has 2 atom stereocenters. The van der Waals surface area contributed by atoms with Crippen LogP contribution in [0.2, 0.25) is 0 Å². The number of nitrogens with one attached hydrogen (secondary N) is 2. The molecule has 1 aromatic carbocycles. The van der Waals surface area contributed by atoms with Gasteiger partial charge in [0.1, 0.15) is 12.7 Å². The highest BCUT2D eigenvalue weighted by Gasteiger charge is 2.30. The van der Waals surface area contributed by atoms with Crippen LogP contribution in [0.25, 0.3) is 0 Å². The largest absolute Gasteiger partial charge is 0.394 e. The number of anilines is 1. The smallest absolute Gasteiger partial charge is 0.276 e. The maximum Gasteiger partial charge on any atom is 0.276 e. The molecule has 0 bridgehead atoms. The molecule has 2 amide bonds. The number of nitrogens with zero attached hydrogens (tertiary/aromatic N) is 2. The number of benzene rings is 1. The number of aliphatic hydroxyl groups excluding tert-OH is 1. The van der Waals surface area contributed by atoms with E-state index >= 15 is 0 Å². The van der Waals surface area contributed by atoms with E-state index in [0.717, 1.165) is 11.3 Å². The number of aromatic nitrogens is 2. The summed E-state index contributed by atoms with van der Waals surface area (Å²) in [5.41, 5.74) is 2.68. The van der Waals surface area contributed by atoms with Gasteiger partial charge in [0.05, 0.1) is 12.6 Å².